The van der Waals surface area contributed by atoms with E-state index in [1.165, 1.54) is 0 Å². The van der Waals surface area contributed by atoms with E-state index < -0.39 is 0 Å². The quantitative estimate of drug-likeness (QED) is 0.777. The predicted molar refractivity (Wildman–Crippen MR) is 75.9 cm³/mol. The second kappa shape index (κ2) is 4.74. The SMILES string of the molecule is Cc1ccc2cccc(NCc3cscn3)c2n1. The summed E-state index contributed by atoms with van der Waals surface area (Å²) in [6, 6.07) is 10.3. The third-order valence-corrected chi connectivity index (χ3v) is 3.44. The second-order valence-electron chi connectivity index (χ2n) is 4.16. The summed E-state index contributed by atoms with van der Waals surface area (Å²) in [6.45, 7) is 2.74. The number of hydrogen-bond donors (Lipinski definition) is 1. The van der Waals surface area contributed by atoms with Gasteiger partial charge in [-0.25, -0.2) is 4.98 Å². The highest BCUT2D eigenvalue weighted by Gasteiger charge is 2.03. The summed E-state index contributed by atoms with van der Waals surface area (Å²) < 4.78 is 0. The molecule has 0 aliphatic heterocycles. The molecule has 90 valence electrons. The smallest absolute Gasteiger partial charge is 0.0936 e. The summed E-state index contributed by atoms with van der Waals surface area (Å²) in [6.07, 6.45) is 0. The van der Waals surface area contributed by atoms with Crippen LogP contribution in [-0.4, -0.2) is 9.97 Å². The Morgan fingerprint density at radius 2 is 2.17 bits per heavy atom. The van der Waals surface area contributed by atoms with Crippen molar-refractivity contribution in [1.82, 2.24) is 9.97 Å². The van der Waals surface area contributed by atoms with Crippen molar-refractivity contribution in [2.24, 2.45) is 0 Å². The van der Waals surface area contributed by atoms with E-state index in [0.29, 0.717) is 0 Å². The molecular weight excluding hydrogens is 242 g/mol. The zero-order valence-electron chi connectivity index (χ0n) is 10.1. The van der Waals surface area contributed by atoms with Crippen LogP contribution in [0.15, 0.2) is 41.2 Å². The van der Waals surface area contributed by atoms with Crippen LogP contribution in [0, 0.1) is 6.92 Å². The van der Waals surface area contributed by atoms with Gasteiger partial charge < -0.3 is 5.32 Å². The van der Waals surface area contributed by atoms with Gasteiger partial charge in [0.2, 0.25) is 0 Å². The first-order valence-corrected chi connectivity index (χ1v) is 6.74. The van der Waals surface area contributed by atoms with Crippen molar-refractivity contribution in [1.29, 1.82) is 0 Å². The van der Waals surface area contributed by atoms with Gasteiger partial charge in [-0.15, -0.1) is 11.3 Å². The number of aryl methyl sites for hydroxylation is 1. The van der Waals surface area contributed by atoms with Crippen molar-refractivity contribution >= 4 is 27.9 Å². The molecule has 4 heteroatoms. The van der Waals surface area contributed by atoms with Gasteiger partial charge in [0.25, 0.3) is 0 Å². The van der Waals surface area contributed by atoms with E-state index in [0.717, 1.165) is 34.5 Å². The Balaban J connectivity index is 1.93. The Hall–Kier alpha value is -1.94. The van der Waals surface area contributed by atoms with Gasteiger partial charge in [-0.3, -0.25) is 4.98 Å². The maximum absolute atomic E-state index is 4.60. The van der Waals surface area contributed by atoms with E-state index >= 15 is 0 Å². The van der Waals surface area contributed by atoms with Crippen LogP contribution in [0.1, 0.15) is 11.4 Å². The van der Waals surface area contributed by atoms with Crippen LogP contribution < -0.4 is 5.32 Å². The molecule has 3 nitrogen and oxygen atoms in total. The third kappa shape index (κ3) is 2.19. The van der Waals surface area contributed by atoms with Crippen LogP contribution in [0.25, 0.3) is 10.9 Å². The lowest BCUT2D eigenvalue weighted by atomic mass is 10.1. The number of pyridine rings is 1. The molecule has 1 aromatic carbocycles. The normalized spacial score (nSPS) is 10.7. The molecule has 0 saturated carbocycles. The number of nitrogens with one attached hydrogen (secondary N) is 1. The molecule has 0 spiro atoms. The first-order chi connectivity index (χ1) is 8.83. The topological polar surface area (TPSA) is 37.8 Å². The standard InChI is InChI=1S/C14H13N3S/c1-10-5-6-11-3-2-4-13(14(11)17-10)15-7-12-8-18-9-16-12/h2-6,8-9,15H,7H2,1H3. The van der Waals surface area contributed by atoms with Gasteiger partial charge in [0.1, 0.15) is 0 Å². The van der Waals surface area contributed by atoms with Crippen LogP contribution in [0.4, 0.5) is 5.69 Å². The van der Waals surface area contributed by atoms with Crippen LogP contribution >= 0.6 is 11.3 Å². The van der Waals surface area contributed by atoms with Crippen LogP contribution in [0.2, 0.25) is 0 Å². The molecule has 0 radical (unpaired) electrons. The minimum absolute atomic E-state index is 0.734. The van der Waals surface area contributed by atoms with Gasteiger partial charge in [0, 0.05) is 16.5 Å². The number of nitrogens with zero attached hydrogens (tertiary/aromatic N) is 2. The number of aromatic nitrogens is 2. The van der Waals surface area contributed by atoms with Gasteiger partial charge in [0.05, 0.1) is 29.0 Å². The largest absolute Gasteiger partial charge is 0.378 e. The molecule has 3 rings (SSSR count). The summed E-state index contributed by atoms with van der Waals surface area (Å²) in [5.41, 5.74) is 6.02. The summed E-state index contributed by atoms with van der Waals surface area (Å²) >= 11 is 1.61. The molecule has 0 aliphatic rings. The Bertz CT molecular complexity index is 662. The summed E-state index contributed by atoms with van der Waals surface area (Å²) in [5.74, 6) is 0. The van der Waals surface area contributed by atoms with E-state index in [-0.39, 0.29) is 0 Å². The minimum atomic E-state index is 0.734. The molecular formula is C14H13N3S. The average molecular weight is 255 g/mol. The van der Waals surface area contributed by atoms with Gasteiger partial charge in [-0.1, -0.05) is 18.2 Å². The minimum Gasteiger partial charge on any atom is -0.378 e. The van der Waals surface area contributed by atoms with Crippen LogP contribution in [-0.2, 0) is 6.54 Å². The molecule has 0 atom stereocenters. The third-order valence-electron chi connectivity index (χ3n) is 2.80. The van der Waals surface area contributed by atoms with E-state index in [9.17, 15) is 0 Å². The molecule has 0 aliphatic carbocycles. The Morgan fingerprint density at radius 3 is 3.00 bits per heavy atom. The van der Waals surface area contributed by atoms with Crippen molar-refractivity contribution in [3.8, 4) is 0 Å². The van der Waals surface area contributed by atoms with Gasteiger partial charge in [-0.05, 0) is 19.1 Å². The van der Waals surface area contributed by atoms with Gasteiger partial charge >= 0.3 is 0 Å². The highest BCUT2D eigenvalue weighted by molar-refractivity contribution is 7.07. The Labute approximate surface area is 110 Å². The summed E-state index contributed by atoms with van der Waals surface area (Å²) in [4.78, 5) is 8.86. The molecule has 2 aromatic heterocycles. The number of rotatable bonds is 3. The second-order valence-corrected chi connectivity index (χ2v) is 4.88. The molecule has 18 heavy (non-hydrogen) atoms. The number of thiazole rings is 1. The van der Waals surface area contributed by atoms with Crippen molar-refractivity contribution in [3.05, 3.63) is 52.6 Å². The van der Waals surface area contributed by atoms with Crippen molar-refractivity contribution in [3.63, 3.8) is 0 Å². The lowest BCUT2D eigenvalue weighted by Crippen LogP contribution is -2.01. The molecule has 0 amide bonds. The monoisotopic (exact) mass is 255 g/mol. The Kier molecular flexibility index (Phi) is 2.94. The fourth-order valence-corrected chi connectivity index (χ4v) is 2.46. The van der Waals surface area contributed by atoms with Crippen LogP contribution in [0.5, 0.6) is 0 Å². The fraction of sp³-hybridized carbons (Fsp3) is 0.143. The zero-order valence-corrected chi connectivity index (χ0v) is 10.9. The average Bonchev–Trinajstić information content (AvgIpc) is 2.89. The lowest BCUT2D eigenvalue weighted by molar-refractivity contribution is 1.07. The maximum Gasteiger partial charge on any atom is 0.0936 e. The van der Waals surface area contributed by atoms with Crippen LogP contribution in [0.3, 0.4) is 0 Å². The van der Waals surface area contributed by atoms with Crippen molar-refractivity contribution < 1.29 is 0 Å². The number of benzene rings is 1. The molecule has 2 heterocycles. The molecule has 0 unspecified atom stereocenters. The highest BCUT2D eigenvalue weighted by atomic mass is 32.1. The van der Waals surface area contributed by atoms with E-state index in [1.54, 1.807) is 11.3 Å². The molecule has 0 bridgehead atoms. The molecule has 1 N–H and O–H groups in total. The first kappa shape index (κ1) is 11.2. The van der Waals surface area contributed by atoms with Gasteiger partial charge in [-0.2, -0.15) is 0 Å². The maximum atomic E-state index is 4.60. The first-order valence-electron chi connectivity index (χ1n) is 5.80. The predicted octanol–water partition coefficient (Wildman–Crippen LogP) is 3.61. The van der Waals surface area contributed by atoms with Crippen molar-refractivity contribution in [2.45, 2.75) is 13.5 Å². The van der Waals surface area contributed by atoms with Gasteiger partial charge in [0.15, 0.2) is 0 Å². The van der Waals surface area contributed by atoms with E-state index in [4.69, 9.17) is 0 Å². The van der Waals surface area contributed by atoms with E-state index in [2.05, 4.69) is 38.9 Å². The number of anilines is 1. The number of fused-ring (bicyclic) bond motifs is 1. The molecule has 0 saturated heterocycles. The Morgan fingerprint density at radius 1 is 1.22 bits per heavy atom. The molecule has 0 fully saturated rings. The lowest BCUT2D eigenvalue weighted by Gasteiger charge is -2.08. The summed E-state index contributed by atoms with van der Waals surface area (Å²) in [5, 5.41) is 6.61. The van der Waals surface area contributed by atoms with E-state index in [1.807, 2.05) is 24.6 Å². The number of para-hydroxylation sites is 1. The zero-order chi connectivity index (χ0) is 12.4. The fourth-order valence-electron chi connectivity index (χ4n) is 1.90. The number of hydrogen-bond acceptors (Lipinski definition) is 4. The highest BCUT2D eigenvalue weighted by Crippen LogP contribution is 2.22. The van der Waals surface area contributed by atoms with Crippen molar-refractivity contribution in [2.75, 3.05) is 5.32 Å². The molecule has 3 aromatic rings. The summed E-state index contributed by atoms with van der Waals surface area (Å²) in [7, 11) is 0.